The number of nitrogens with zero attached hydrogens (tertiary/aromatic N) is 2. The maximum Gasteiger partial charge on any atom is 0.347 e. The number of carbonyl (C=O) groups is 1. The molecule has 1 aromatic carbocycles. The van der Waals surface area contributed by atoms with Crippen molar-refractivity contribution >= 4 is 22.3 Å². The van der Waals surface area contributed by atoms with Crippen molar-refractivity contribution in [2.24, 2.45) is 0 Å². The van der Waals surface area contributed by atoms with E-state index in [-0.39, 0.29) is 0 Å². The van der Waals surface area contributed by atoms with E-state index >= 15 is 0 Å². The third-order valence-electron chi connectivity index (χ3n) is 3.52. The SMILES string of the molecule is CCOc1ccc(-c2cn3c(C)c(C(=O)O)sc3n2)cc1C. The van der Waals surface area contributed by atoms with E-state index in [9.17, 15) is 4.79 Å². The molecule has 22 heavy (non-hydrogen) atoms. The Bertz CT molecular complexity index is 864. The molecule has 3 aromatic rings. The lowest BCUT2D eigenvalue weighted by Gasteiger charge is -2.07. The third kappa shape index (κ3) is 2.35. The van der Waals surface area contributed by atoms with Crippen LogP contribution >= 0.6 is 11.3 Å². The van der Waals surface area contributed by atoms with Crippen molar-refractivity contribution in [3.8, 4) is 17.0 Å². The molecular formula is C16H16N2O3S. The standard InChI is InChI=1S/C16H16N2O3S/c1-4-21-13-6-5-11(7-9(13)2)12-8-18-10(3)14(15(19)20)22-16(18)17-12/h5-8H,4H2,1-3H3,(H,19,20). The fourth-order valence-corrected chi connectivity index (χ4v) is 3.36. The molecule has 3 rings (SSSR count). The van der Waals surface area contributed by atoms with Crippen LogP contribution in [0.4, 0.5) is 0 Å². The molecule has 1 N–H and O–H groups in total. The number of aromatic nitrogens is 2. The molecule has 0 saturated heterocycles. The van der Waals surface area contributed by atoms with Crippen LogP contribution in [0.5, 0.6) is 5.75 Å². The molecule has 0 unspecified atom stereocenters. The Balaban J connectivity index is 2.04. The number of carboxylic acid groups (broad SMARTS) is 1. The highest BCUT2D eigenvalue weighted by Gasteiger charge is 2.17. The number of fused-ring (bicyclic) bond motifs is 1. The zero-order chi connectivity index (χ0) is 15.9. The predicted octanol–water partition coefficient (Wildman–Crippen LogP) is 3.78. The van der Waals surface area contributed by atoms with Crippen molar-refractivity contribution in [2.45, 2.75) is 20.8 Å². The number of thiazole rings is 1. The number of hydrogen-bond donors (Lipinski definition) is 1. The van der Waals surface area contributed by atoms with Gasteiger partial charge in [0.1, 0.15) is 10.6 Å². The number of ether oxygens (including phenoxy) is 1. The topological polar surface area (TPSA) is 63.8 Å². The molecule has 0 aliphatic carbocycles. The second kappa shape index (κ2) is 5.46. The molecule has 0 aliphatic rings. The molecule has 0 bridgehead atoms. The maximum atomic E-state index is 11.1. The van der Waals surface area contributed by atoms with Gasteiger partial charge < -0.3 is 9.84 Å². The zero-order valence-electron chi connectivity index (χ0n) is 12.6. The zero-order valence-corrected chi connectivity index (χ0v) is 13.4. The molecule has 0 radical (unpaired) electrons. The van der Waals surface area contributed by atoms with E-state index in [0.29, 0.717) is 22.1 Å². The summed E-state index contributed by atoms with van der Waals surface area (Å²) < 4.78 is 7.37. The van der Waals surface area contributed by atoms with E-state index in [1.807, 2.05) is 42.6 Å². The van der Waals surface area contributed by atoms with Gasteiger partial charge >= 0.3 is 5.97 Å². The minimum absolute atomic E-state index is 0.330. The number of hydrogen-bond acceptors (Lipinski definition) is 4. The summed E-state index contributed by atoms with van der Waals surface area (Å²) in [6, 6.07) is 5.94. The molecule has 6 heteroatoms. The highest BCUT2D eigenvalue weighted by Crippen LogP contribution is 2.29. The number of benzene rings is 1. The van der Waals surface area contributed by atoms with Gasteiger partial charge in [-0.3, -0.25) is 4.40 Å². The minimum atomic E-state index is -0.911. The molecule has 0 spiro atoms. The summed E-state index contributed by atoms with van der Waals surface area (Å²) in [6.45, 7) is 6.39. The van der Waals surface area contributed by atoms with Crippen molar-refractivity contribution < 1.29 is 14.6 Å². The fraction of sp³-hybridized carbons (Fsp3) is 0.250. The van der Waals surface area contributed by atoms with Gasteiger partial charge in [-0.05, 0) is 44.5 Å². The van der Waals surface area contributed by atoms with Gasteiger partial charge in [0.2, 0.25) is 0 Å². The highest BCUT2D eigenvalue weighted by atomic mass is 32.1. The van der Waals surface area contributed by atoms with Gasteiger partial charge in [0.15, 0.2) is 4.96 Å². The van der Waals surface area contributed by atoms with Crippen molar-refractivity contribution in [2.75, 3.05) is 6.61 Å². The van der Waals surface area contributed by atoms with Gasteiger partial charge in [-0.25, -0.2) is 9.78 Å². The van der Waals surface area contributed by atoms with Gasteiger partial charge in [0, 0.05) is 17.5 Å². The molecular weight excluding hydrogens is 300 g/mol. The lowest BCUT2D eigenvalue weighted by molar-refractivity contribution is 0.0701. The monoisotopic (exact) mass is 316 g/mol. The van der Waals surface area contributed by atoms with Crippen molar-refractivity contribution in [1.29, 1.82) is 0 Å². The van der Waals surface area contributed by atoms with Crippen LogP contribution < -0.4 is 4.74 Å². The Hall–Kier alpha value is -2.34. The maximum absolute atomic E-state index is 11.1. The smallest absolute Gasteiger partial charge is 0.347 e. The summed E-state index contributed by atoms with van der Waals surface area (Å²) in [5, 5.41) is 9.14. The Kier molecular flexibility index (Phi) is 3.62. The summed E-state index contributed by atoms with van der Waals surface area (Å²) in [5.74, 6) is -0.0388. The van der Waals surface area contributed by atoms with Gasteiger partial charge in [-0.1, -0.05) is 11.3 Å². The average molecular weight is 316 g/mol. The van der Waals surface area contributed by atoms with Crippen molar-refractivity contribution in [1.82, 2.24) is 9.38 Å². The second-order valence-corrected chi connectivity index (χ2v) is 5.99. The van der Waals surface area contributed by atoms with Crippen LogP contribution in [0.1, 0.15) is 27.9 Å². The number of carboxylic acids is 1. The number of rotatable bonds is 4. The molecule has 0 saturated carbocycles. The van der Waals surface area contributed by atoms with Crippen LogP contribution in [0, 0.1) is 13.8 Å². The molecule has 0 atom stereocenters. The van der Waals surface area contributed by atoms with Crippen molar-refractivity contribution in [3.05, 3.63) is 40.5 Å². The highest BCUT2D eigenvalue weighted by molar-refractivity contribution is 7.19. The first-order valence-electron chi connectivity index (χ1n) is 6.97. The molecule has 114 valence electrons. The van der Waals surface area contributed by atoms with E-state index in [0.717, 1.165) is 22.6 Å². The molecule has 5 nitrogen and oxygen atoms in total. The largest absolute Gasteiger partial charge is 0.494 e. The molecule has 0 fully saturated rings. The van der Waals surface area contributed by atoms with E-state index in [4.69, 9.17) is 9.84 Å². The number of aromatic carboxylic acids is 1. The van der Waals surface area contributed by atoms with E-state index in [2.05, 4.69) is 4.98 Å². The number of aryl methyl sites for hydroxylation is 2. The lowest BCUT2D eigenvalue weighted by Crippen LogP contribution is -1.96. The van der Waals surface area contributed by atoms with Crippen LogP contribution in [-0.2, 0) is 0 Å². The summed E-state index contributed by atoms with van der Waals surface area (Å²) in [5.41, 5.74) is 3.58. The van der Waals surface area contributed by atoms with Gasteiger partial charge in [-0.15, -0.1) is 0 Å². The average Bonchev–Trinajstić information content (AvgIpc) is 3.01. The van der Waals surface area contributed by atoms with Crippen LogP contribution in [0.3, 0.4) is 0 Å². The first-order chi connectivity index (χ1) is 10.5. The Morgan fingerprint density at radius 3 is 2.77 bits per heavy atom. The van der Waals surface area contributed by atoms with E-state index < -0.39 is 5.97 Å². The third-order valence-corrected chi connectivity index (χ3v) is 4.67. The van der Waals surface area contributed by atoms with Crippen molar-refractivity contribution in [3.63, 3.8) is 0 Å². The first kappa shape index (κ1) is 14.6. The Morgan fingerprint density at radius 1 is 1.41 bits per heavy atom. The molecule has 2 aromatic heterocycles. The fourth-order valence-electron chi connectivity index (χ4n) is 2.41. The summed E-state index contributed by atoms with van der Waals surface area (Å²) in [4.78, 5) is 16.7. The lowest BCUT2D eigenvalue weighted by atomic mass is 10.1. The van der Waals surface area contributed by atoms with Crippen LogP contribution in [0.2, 0.25) is 0 Å². The van der Waals surface area contributed by atoms with Crippen LogP contribution in [0.25, 0.3) is 16.2 Å². The summed E-state index contributed by atoms with van der Waals surface area (Å²) in [6.07, 6.45) is 1.88. The van der Waals surface area contributed by atoms with E-state index in [1.54, 1.807) is 6.92 Å². The van der Waals surface area contributed by atoms with Gasteiger partial charge in [0.25, 0.3) is 0 Å². The number of imidazole rings is 1. The molecule has 0 aliphatic heterocycles. The molecule has 0 amide bonds. The second-order valence-electron chi connectivity index (χ2n) is 5.01. The quantitative estimate of drug-likeness (QED) is 0.795. The predicted molar refractivity (Wildman–Crippen MR) is 86.1 cm³/mol. The first-order valence-corrected chi connectivity index (χ1v) is 7.78. The Morgan fingerprint density at radius 2 is 2.18 bits per heavy atom. The summed E-state index contributed by atoms with van der Waals surface area (Å²) >= 11 is 1.19. The summed E-state index contributed by atoms with van der Waals surface area (Å²) in [7, 11) is 0. The Labute approximate surface area is 131 Å². The van der Waals surface area contributed by atoms with E-state index in [1.165, 1.54) is 11.3 Å². The minimum Gasteiger partial charge on any atom is -0.494 e. The van der Waals surface area contributed by atoms with Gasteiger partial charge in [0.05, 0.1) is 12.3 Å². The van der Waals surface area contributed by atoms with Gasteiger partial charge in [-0.2, -0.15) is 0 Å². The van der Waals surface area contributed by atoms with Crippen LogP contribution in [0.15, 0.2) is 24.4 Å². The van der Waals surface area contributed by atoms with Crippen LogP contribution in [-0.4, -0.2) is 27.1 Å². The molecule has 2 heterocycles. The normalized spacial score (nSPS) is 11.0.